The van der Waals surface area contributed by atoms with Gasteiger partial charge >= 0.3 is 0 Å². The summed E-state index contributed by atoms with van der Waals surface area (Å²) in [5.74, 6) is 0.0869. The predicted molar refractivity (Wildman–Crippen MR) is 44.4 cm³/mol. The highest BCUT2D eigenvalue weighted by molar-refractivity contribution is 5.76. The van der Waals surface area contributed by atoms with Gasteiger partial charge in [-0.05, 0) is 32.7 Å². The highest BCUT2D eigenvalue weighted by Gasteiger charge is 1.92. The number of hydrogen-bond acceptors (Lipinski definition) is 3. The Kier molecular flexibility index (Phi) is 7.41. The minimum absolute atomic E-state index is 0.0869. The van der Waals surface area contributed by atoms with E-state index in [1.165, 1.54) is 6.92 Å². The van der Waals surface area contributed by atoms with E-state index in [9.17, 15) is 4.79 Å². The van der Waals surface area contributed by atoms with Crippen LogP contribution in [0.25, 0.3) is 0 Å². The predicted octanol–water partition coefficient (Wildman–Crippen LogP) is 0.721. The summed E-state index contributed by atoms with van der Waals surface area (Å²) in [6, 6.07) is 0. The Bertz CT molecular complexity index is 104. The standard InChI is InChI=1S/C8H17NO2/c1-8(10)7-11-6-4-2-3-5-9/h2-7,9H2,1H3. The average molecular weight is 159 g/mol. The zero-order valence-corrected chi connectivity index (χ0v) is 7.14. The van der Waals surface area contributed by atoms with Crippen LogP contribution >= 0.6 is 0 Å². The van der Waals surface area contributed by atoms with Gasteiger partial charge in [-0.3, -0.25) is 4.79 Å². The SMILES string of the molecule is CC(=O)COCCCCCN. The number of carbonyl (C=O) groups is 1. The van der Waals surface area contributed by atoms with Gasteiger partial charge in [-0.15, -0.1) is 0 Å². The fourth-order valence-electron chi connectivity index (χ4n) is 0.741. The topological polar surface area (TPSA) is 52.3 Å². The van der Waals surface area contributed by atoms with Gasteiger partial charge in [0.05, 0.1) is 0 Å². The molecule has 0 aromatic heterocycles. The summed E-state index contributed by atoms with van der Waals surface area (Å²) in [5, 5.41) is 0. The first-order chi connectivity index (χ1) is 5.27. The van der Waals surface area contributed by atoms with Crippen LogP contribution in [-0.2, 0) is 9.53 Å². The molecule has 0 amide bonds. The van der Waals surface area contributed by atoms with Crippen molar-refractivity contribution in [1.29, 1.82) is 0 Å². The van der Waals surface area contributed by atoms with Gasteiger partial charge in [0.15, 0.2) is 5.78 Å². The van der Waals surface area contributed by atoms with Crippen LogP contribution in [0.4, 0.5) is 0 Å². The van der Waals surface area contributed by atoms with Crippen molar-refractivity contribution in [2.45, 2.75) is 26.2 Å². The van der Waals surface area contributed by atoms with Crippen LogP contribution in [0, 0.1) is 0 Å². The molecule has 0 aromatic rings. The molecule has 11 heavy (non-hydrogen) atoms. The molecule has 0 aliphatic heterocycles. The second-order valence-corrected chi connectivity index (χ2v) is 2.60. The molecule has 0 radical (unpaired) electrons. The molecule has 0 atom stereocenters. The first-order valence-electron chi connectivity index (χ1n) is 4.04. The summed E-state index contributed by atoms with van der Waals surface area (Å²) in [6.07, 6.45) is 3.14. The van der Waals surface area contributed by atoms with Crippen molar-refractivity contribution < 1.29 is 9.53 Å². The van der Waals surface area contributed by atoms with Crippen molar-refractivity contribution in [1.82, 2.24) is 0 Å². The third kappa shape index (κ3) is 9.59. The Balaban J connectivity index is 2.85. The third-order valence-corrected chi connectivity index (χ3v) is 1.30. The monoisotopic (exact) mass is 159 g/mol. The first-order valence-corrected chi connectivity index (χ1v) is 4.04. The lowest BCUT2D eigenvalue weighted by molar-refractivity contribution is -0.121. The quantitative estimate of drug-likeness (QED) is 0.557. The van der Waals surface area contributed by atoms with E-state index >= 15 is 0 Å². The van der Waals surface area contributed by atoms with Crippen molar-refractivity contribution >= 4 is 5.78 Å². The zero-order valence-electron chi connectivity index (χ0n) is 7.14. The molecular weight excluding hydrogens is 142 g/mol. The van der Waals surface area contributed by atoms with Crippen LogP contribution in [0.1, 0.15) is 26.2 Å². The Morgan fingerprint density at radius 2 is 2.09 bits per heavy atom. The summed E-state index contributed by atoms with van der Waals surface area (Å²) < 4.78 is 5.05. The summed E-state index contributed by atoms with van der Waals surface area (Å²) >= 11 is 0. The maximum Gasteiger partial charge on any atom is 0.155 e. The van der Waals surface area contributed by atoms with E-state index in [1.54, 1.807) is 0 Å². The van der Waals surface area contributed by atoms with Crippen LogP contribution in [0.3, 0.4) is 0 Å². The molecule has 0 saturated heterocycles. The minimum atomic E-state index is 0.0869. The number of carbonyl (C=O) groups excluding carboxylic acids is 1. The van der Waals surface area contributed by atoms with Crippen LogP contribution < -0.4 is 5.73 Å². The van der Waals surface area contributed by atoms with E-state index in [1.807, 2.05) is 0 Å². The summed E-state index contributed by atoms with van der Waals surface area (Å²) in [5.41, 5.74) is 5.30. The summed E-state index contributed by atoms with van der Waals surface area (Å²) in [4.78, 5) is 10.4. The number of ether oxygens (including phenoxy) is 1. The number of Topliss-reactive ketones (excluding diaryl/α,β-unsaturated/α-hetero) is 1. The number of hydrogen-bond donors (Lipinski definition) is 1. The second-order valence-electron chi connectivity index (χ2n) is 2.60. The van der Waals surface area contributed by atoms with Crippen molar-refractivity contribution in [3.05, 3.63) is 0 Å². The first kappa shape index (κ1) is 10.6. The zero-order chi connectivity index (χ0) is 8.53. The van der Waals surface area contributed by atoms with Gasteiger partial charge in [-0.2, -0.15) is 0 Å². The molecule has 0 fully saturated rings. The van der Waals surface area contributed by atoms with Gasteiger partial charge in [-0.25, -0.2) is 0 Å². The molecule has 0 aromatic carbocycles. The lowest BCUT2D eigenvalue weighted by Crippen LogP contribution is -2.05. The van der Waals surface area contributed by atoms with E-state index in [4.69, 9.17) is 10.5 Å². The normalized spacial score (nSPS) is 10.0. The largest absolute Gasteiger partial charge is 0.374 e. The van der Waals surface area contributed by atoms with Gasteiger partial charge < -0.3 is 10.5 Å². The summed E-state index contributed by atoms with van der Waals surface area (Å²) in [7, 11) is 0. The van der Waals surface area contributed by atoms with Crippen molar-refractivity contribution in [3.63, 3.8) is 0 Å². The molecule has 0 bridgehead atoms. The minimum Gasteiger partial charge on any atom is -0.374 e. The van der Waals surface area contributed by atoms with Crippen molar-refractivity contribution in [2.75, 3.05) is 19.8 Å². The number of rotatable bonds is 7. The molecule has 2 N–H and O–H groups in total. The van der Waals surface area contributed by atoms with Gasteiger partial charge in [0.1, 0.15) is 6.61 Å². The second kappa shape index (κ2) is 7.69. The highest BCUT2D eigenvalue weighted by atomic mass is 16.5. The smallest absolute Gasteiger partial charge is 0.155 e. The molecule has 0 heterocycles. The molecule has 0 aliphatic rings. The molecule has 0 aliphatic carbocycles. The molecule has 0 rings (SSSR count). The van der Waals surface area contributed by atoms with Crippen LogP contribution in [-0.4, -0.2) is 25.5 Å². The maximum atomic E-state index is 10.4. The van der Waals surface area contributed by atoms with Gasteiger partial charge in [0.2, 0.25) is 0 Å². The Morgan fingerprint density at radius 1 is 1.36 bits per heavy atom. The van der Waals surface area contributed by atoms with Gasteiger partial charge in [0.25, 0.3) is 0 Å². The highest BCUT2D eigenvalue weighted by Crippen LogP contribution is 1.93. The van der Waals surface area contributed by atoms with E-state index in [0.717, 1.165) is 25.8 Å². The molecule has 0 spiro atoms. The van der Waals surface area contributed by atoms with Crippen LogP contribution in [0.15, 0.2) is 0 Å². The third-order valence-electron chi connectivity index (χ3n) is 1.30. The van der Waals surface area contributed by atoms with E-state index in [-0.39, 0.29) is 12.4 Å². The van der Waals surface area contributed by atoms with Gasteiger partial charge in [0, 0.05) is 6.61 Å². The van der Waals surface area contributed by atoms with E-state index in [0.29, 0.717) is 6.61 Å². The fourth-order valence-corrected chi connectivity index (χ4v) is 0.741. The average Bonchev–Trinajstić information content (AvgIpc) is 1.96. The van der Waals surface area contributed by atoms with E-state index in [2.05, 4.69) is 0 Å². The van der Waals surface area contributed by atoms with Crippen LogP contribution in [0.5, 0.6) is 0 Å². The lowest BCUT2D eigenvalue weighted by Gasteiger charge is -2.00. The lowest BCUT2D eigenvalue weighted by atomic mass is 10.2. The number of ketones is 1. The maximum absolute atomic E-state index is 10.4. The molecular formula is C8H17NO2. The van der Waals surface area contributed by atoms with Crippen molar-refractivity contribution in [3.8, 4) is 0 Å². The molecule has 66 valence electrons. The molecule has 0 saturated carbocycles. The Hall–Kier alpha value is -0.410. The van der Waals surface area contributed by atoms with Crippen molar-refractivity contribution in [2.24, 2.45) is 5.73 Å². The van der Waals surface area contributed by atoms with E-state index < -0.39 is 0 Å². The number of unbranched alkanes of at least 4 members (excludes halogenated alkanes) is 2. The Morgan fingerprint density at radius 3 is 2.64 bits per heavy atom. The fraction of sp³-hybridized carbons (Fsp3) is 0.875. The molecule has 3 nitrogen and oxygen atoms in total. The molecule has 0 unspecified atom stereocenters. The van der Waals surface area contributed by atoms with Gasteiger partial charge in [-0.1, -0.05) is 0 Å². The summed E-state index contributed by atoms with van der Waals surface area (Å²) in [6.45, 7) is 3.20. The van der Waals surface area contributed by atoms with Crippen LogP contribution in [0.2, 0.25) is 0 Å². The Labute approximate surface area is 67.9 Å². The number of nitrogens with two attached hydrogens (primary N) is 1. The molecule has 3 heteroatoms.